The number of halogens is 1. The van der Waals surface area contributed by atoms with Crippen molar-refractivity contribution < 1.29 is 14.3 Å². The number of benzene rings is 2. The highest BCUT2D eigenvalue weighted by atomic mass is 79.9. The third-order valence-electron chi connectivity index (χ3n) is 6.50. The van der Waals surface area contributed by atoms with Crippen LogP contribution >= 0.6 is 39.0 Å². The number of nitrogens with zero attached hydrogens (tertiary/aromatic N) is 4. The molecule has 5 rings (SSSR count). The molecule has 2 heterocycles. The summed E-state index contributed by atoms with van der Waals surface area (Å²) in [6, 6.07) is 17.1. The molecular formula is C28H25BrN6O3S2. The first kappa shape index (κ1) is 27.9. The Balaban J connectivity index is 1.42. The van der Waals surface area contributed by atoms with Gasteiger partial charge >= 0.3 is 0 Å². The third-order valence-corrected chi connectivity index (χ3v) is 9.23. The molecule has 0 fully saturated rings. The van der Waals surface area contributed by atoms with Crippen molar-refractivity contribution in [3.05, 3.63) is 81.2 Å². The number of carbonyl (C=O) groups is 2. The second-order valence-electron chi connectivity index (χ2n) is 8.99. The summed E-state index contributed by atoms with van der Waals surface area (Å²) in [5.74, 6) is 0.327. The molecule has 0 radical (unpaired) electrons. The fraction of sp³-hybridized carbons (Fsp3) is 0.250. The molecule has 0 spiro atoms. The van der Waals surface area contributed by atoms with Gasteiger partial charge in [0.25, 0.3) is 0 Å². The Hall–Kier alpha value is -3.66. The number of hydrogen-bond acceptors (Lipinski definition) is 10. The van der Waals surface area contributed by atoms with Crippen molar-refractivity contribution in [1.29, 1.82) is 5.26 Å². The summed E-state index contributed by atoms with van der Waals surface area (Å²) >= 11 is 5.94. The molecule has 1 aliphatic heterocycles. The van der Waals surface area contributed by atoms with Gasteiger partial charge in [-0.05, 0) is 65.5 Å². The van der Waals surface area contributed by atoms with Crippen molar-refractivity contribution >= 4 is 61.5 Å². The number of ketones is 1. The van der Waals surface area contributed by atoms with E-state index in [1.165, 1.54) is 23.1 Å². The second kappa shape index (κ2) is 12.2. The number of anilines is 2. The summed E-state index contributed by atoms with van der Waals surface area (Å²) in [7, 11) is 0. The number of aromatic nitrogens is 2. The summed E-state index contributed by atoms with van der Waals surface area (Å²) in [5.41, 5.74) is 9.71. The number of hydrogen-bond donors (Lipinski definition) is 2. The summed E-state index contributed by atoms with van der Waals surface area (Å²) in [6.07, 6.45) is 1.70. The smallest absolute Gasteiger partial charge is 0.234 e. The van der Waals surface area contributed by atoms with E-state index in [4.69, 9.17) is 10.5 Å². The van der Waals surface area contributed by atoms with Crippen LogP contribution in [-0.4, -0.2) is 34.2 Å². The molecule has 1 amide bonds. The Labute approximate surface area is 248 Å². The van der Waals surface area contributed by atoms with E-state index in [2.05, 4.69) is 37.5 Å². The molecule has 2 aromatic carbocycles. The highest BCUT2D eigenvalue weighted by molar-refractivity contribution is 9.10. The molecule has 1 aromatic heterocycles. The number of Topliss-reactive ketones (excluding diaryl/α,β-unsaturated/α-hetero) is 1. The van der Waals surface area contributed by atoms with Crippen molar-refractivity contribution in [1.82, 2.24) is 10.2 Å². The van der Waals surface area contributed by atoms with Crippen LogP contribution in [0.5, 0.6) is 5.75 Å². The number of rotatable bonds is 8. The van der Waals surface area contributed by atoms with E-state index in [0.29, 0.717) is 52.4 Å². The van der Waals surface area contributed by atoms with Crippen LogP contribution in [0.15, 0.2) is 80.0 Å². The van der Waals surface area contributed by atoms with Crippen molar-refractivity contribution in [2.45, 2.75) is 36.4 Å². The van der Waals surface area contributed by atoms with E-state index in [-0.39, 0.29) is 28.8 Å². The van der Waals surface area contributed by atoms with Crippen LogP contribution in [0.1, 0.15) is 37.7 Å². The van der Waals surface area contributed by atoms with Gasteiger partial charge in [-0.25, -0.2) is 0 Å². The monoisotopic (exact) mass is 636 g/mol. The summed E-state index contributed by atoms with van der Waals surface area (Å²) < 4.78 is 6.93. The average molecular weight is 638 g/mol. The minimum atomic E-state index is -0.567. The molecule has 204 valence electrons. The molecule has 2 aliphatic rings. The Morgan fingerprint density at radius 2 is 2.02 bits per heavy atom. The number of para-hydroxylation sites is 1. The number of allylic oxidation sites excluding steroid dienone is 3. The molecule has 1 atom stereocenters. The van der Waals surface area contributed by atoms with Gasteiger partial charge in [0.15, 0.2) is 10.1 Å². The highest BCUT2D eigenvalue weighted by Gasteiger charge is 2.41. The van der Waals surface area contributed by atoms with Gasteiger partial charge in [-0.2, -0.15) is 5.26 Å². The number of nitrogens with one attached hydrogen (secondary N) is 1. The zero-order valence-corrected chi connectivity index (χ0v) is 24.7. The Kier molecular flexibility index (Phi) is 8.54. The van der Waals surface area contributed by atoms with Gasteiger partial charge in [0, 0.05) is 22.2 Å². The van der Waals surface area contributed by atoms with Crippen molar-refractivity contribution in [2.24, 2.45) is 5.73 Å². The number of thioether (sulfide) groups is 1. The fourth-order valence-corrected chi connectivity index (χ4v) is 6.85. The van der Waals surface area contributed by atoms with Crippen molar-refractivity contribution in [3.63, 3.8) is 0 Å². The molecule has 3 aromatic rings. The second-order valence-corrected chi connectivity index (χ2v) is 12.0. The number of nitriles is 1. The van der Waals surface area contributed by atoms with E-state index in [1.807, 2.05) is 55.5 Å². The normalized spacial score (nSPS) is 17.0. The zero-order valence-electron chi connectivity index (χ0n) is 21.5. The number of nitrogens with two attached hydrogens (primary N) is 1. The largest absolute Gasteiger partial charge is 0.494 e. The van der Waals surface area contributed by atoms with Crippen molar-refractivity contribution in [2.75, 3.05) is 22.6 Å². The molecule has 40 heavy (non-hydrogen) atoms. The van der Waals surface area contributed by atoms with E-state index >= 15 is 0 Å². The molecule has 1 unspecified atom stereocenters. The summed E-state index contributed by atoms with van der Waals surface area (Å²) in [5, 5.41) is 22.1. The molecule has 0 saturated carbocycles. The summed E-state index contributed by atoms with van der Waals surface area (Å²) in [4.78, 5) is 27.5. The Morgan fingerprint density at radius 1 is 1.25 bits per heavy atom. The number of carbonyl (C=O) groups excluding carboxylic acids is 2. The van der Waals surface area contributed by atoms with Crippen LogP contribution in [0.3, 0.4) is 0 Å². The van der Waals surface area contributed by atoms with E-state index < -0.39 is 5.92 Å². The van der Waals surface area contributed by atoms with E-state index in [0.717, 1.165) is 15.7 Å². The van der Waals surface area contributed by atoms with Crippen LogP contribution in [0.25, 0.3) is 0 Å². The van der Waals surface area contributed by atoms with Crippen LogP contribution < -0.4 is 20.7 Å². The lowest BCUT2D eigenvalue weighted by atomic mass is 9.76. The number of ether oxygens (including phenoxy) is 1. The number of amides is 1. The van der Waals surface area contributed by atoms with E-state index in [1.54, 1.807) is 4.90 Å². The molecule has 0 saturated heterocycles. The maximum Gasteiger partial charge on any atom is 0.234 e. The first-order chi connectivity index (χ1) is 19.4. The highest BCUT2D eigenvalue weighted by Crippen LogP contribution is 2.47. The van der Waals surface area contributed by atoms with Gasteiger partial charge in [-0.1, -0.05) is 47.4 Å². The van der Waals surface area contributed by atoms with E-state index in [9.17, 15) is 14.9 Å². The van der Waals surface area contributed by atoms with Crippen LogP contribution in [0.4, 0.5) is 10.8 Å². The molecule has 0 bridgehead atoms. The van der Waals surface area contributed by atoms with Gasteiger partial charge in [-0.3, -0.25) is 14.5 Å². The molecular weight excluding hydrogens is 612 g/mol. The molecule has 12 heteroatoms. The van der Waals surface area contributed by atoms with Crippen LogP contribution in [0.2, 0.25) is 0 Å². The summed E-state index contributed by atoms with van der Waals surface area (Å²) in [6.45, 7) is 2.45. The van der Waals surface area contributed by atoms with Crippen LogP contribution in [0, 0.1) is 11.3 Å². The Morgan fingerprint density at radius 3 is 2.75 bits per heavy atom. The lowest BCUT2D eigenvalue weighted by molar-refractivity contribution is -0.116. The third kappa shape index (κ3) is 5.63. The first-order valence-electron chi connectivity index (χ1n) is 12.6. The maximum atomic E-state index is 13.3. The predicted octanol–water partition coefficient (Wildman–Crippen LogP) is 5.73. The van der Waals surface area contributed by atoms with Gasteiger partial charge in [0.05, 0.1) is 35.6 Å². The standard InChI is InChI=1S/C28H25BrN6O3S2/c1-2-38-17-12-10-16(11-13-17)24-18(14-30)26(31)35(21-8-5-9-22(36)25(21)24)27-33-34-28(40-27)39-15-23(37)32-20-7-4-3-6-19(20)29/h3-4,6-7,10-13,24H,2,5,8-9,15,31H2,1H3,(H,32,37). The van der Waals surface area contributed by atoms with Gasteiger partial charge in [0.1, 0.15) is 11.6 Å². The lowest BCUT2D eigenvalue weighted by Crippen LogP contribution is -2.38. The first-order valence-corrected chi connectivity index (χ1v) is 15.2. The fourth-order valence-electron chi connectivity index (χ4n) is 4.79. The average Bonchev–Trinajstić information content (AvgIpc) is 3.42. The minimum absolute atomic E-state index is 0.00626. The predicted molar refractivity (Wildman–Crippen MR) is 159 cm³/mol. The van der Waals surface area contributed by atoms with Gasteiger partial charge < -0.3 is 15.8 Å². The lowest BCUT2D eigenvalue weighted by Gasteiger charge is -2.38. The molecule has 9 nitrogen and oxygen atoms in total. The van der Waals surface area contributed by atoms with Gasteiger partial charge in [0.2, 0.25) is 11.0 Å². The van der Waals surface area contributed by atoms with Crippen molar-refractivity contribution in [3.8, 4) is 11.8 Å². The molecule has 1 aliphatic carbocycles. The quantitative estimate of drug-likeness (QED) is 0.297. The topological polar surface area (TPSA) is 134 Å². The van der Waals surface area contributed by atoms with Crippen LogP contribution in [-0.2, 0) is 9.59 Å². The SMILES string of the molecule is CCOc1ccc(C2C(C#N)=C(N)N(c3nnc(SCC(=O)Nc4ccccc4Br)s3)C3=C2C(=O)CCC3)cc1. The minimum Gasteiger partial charge on any atom is -0.494 e. The zero-order chi connectivity index (χ0) is 28.2. The molecule has 3 N–H and O–H groups in total. The van der Waals surface area contributed by atoms with Gasteiger partial charge in [-0.15, -0.1) is 10.2 Å². The Bertz CT molecular complexity index is 1560. The maximum absolute atomic E-state index is 13.3.